The summed E-state index contributed by atoms with van der Waals surface area (Å²) < 4.78 is 0. The molecule has 0 atom stereocenters. The van der Waals surface area contributed by atoms with Crippen molar-refractivity contribution in [3.63, 3.8) is 0 Å². The third kappa shape index (κ3) is 5.14. The fraction of sp³-hybridized carbons (Fsp3) is 0.353. The van der Waals surface area contributed by atoms with E-state index in [0.29, 0.717) is 22.9 Å². The van der Waals surface area contributed by atoms with Crippen molar-refractivity contribution in [2.45, 2.75) is 13.3 Å². The monoisotopic (exact) mass is 346 g/mol. The second-order valence-electron chi connectivity index (χ2n) is 5.72. The van der Waals surface area contributed by atoms with Crippen LogP contribution in [-0.2, 0) is 0 Å². The van der Waals surface area contributed by atoms with Crippen LogP contribution >= 0.6 is 11.3 Å². The number of anilines is 1. The molecule has 1 heterocycles. The van der Waals surface area contributed by atoms with E-state index in [9.17, 15) is 9.59 Å². The van der Waals surface area contributed by atoms with Crippen molar-refractivity contribution >= 4 is 28.3 Å². The van der Waals surface area contributed by atoms with E-state index >= 15 is 0 Å². The Morgan fingerprint density at radius 3 is 2.67 bits per heavy atom. The minimum atomic E-state index is -0.222. The summed E-state index contributed by atoms with van der Waals surface area (Å²) in [7, 11) is 3.98. The Kier molecular flexibility index (Phi) is 6.45. The van der Waals surface area contributed by atoms with Crippen molar-refractivity contribution in [1.82, 2.24) is 15.2 Å². The molecule has 2 amide bonds. The fourth-order valence-electron chi connectivity index (χ4n) is 2.12. The Labute approximate surface area is 145 Å². The number of hydrogen-bond acceptors (Lipinski definition) is 5. The minimum Gasteiger partial charge on any atom is -0.351 e. The molecule has 2 N–H and O–H groups in total. The van der Waals surface area contributed by atoms with Gasteiger partial charge in [0, 0.05) is 17.5 Å². The third-order valence-corrected chi connectivity index (χ3v) is 4.17. The number of benzene rings is 1. The lowest BCUT2D eigenvalue weighted by molar-refractivity contribution is 0.0946. The molecule has 0 bridgehead atoms. The Bertz CT molecular complexity index is 712. The molecule has 0 saturated carbocycles. The second kappa shape index (κ2) is 8.56. The molecule has 2 rings (SSSR count). The Balaban J connectivity index is 1.90. The summed E-state index contributed by atoms with van der Waals surface area (Å²) >= 11 is 1.24. The second-order valence-corrected chi connectivity index (χ2v) is 6.58. The SMILES string of the molecule is Cc1ccccc1C(=O)Nc1nc(C(=O)NCCCN(C)C)cs1. The largest absolute Gasteiger partial charge is 0.351 e. The molecular formula is C17H22N4O2S. The van der Waals surface area contributed by atoms with Crippen molar-refractivity contribution < 1.29 is 9.59 Å². The number of rotatable bonds is 7. The molecule has 1 aromatic heterocycles. The van der Waals surface area contributed by atoms with Gasteiger partial charge < -0.3 is 10.2 Å². The van der Waals surface area contributed by atoms with Gasteiger partial charge in [-0.25, -0.2) is 4.98 Å². The highest BCUT2D eigenvalue weighted by Crippen LogP contribution is 2.17. The van der Waals surface area contributed by atoms with Crippen LogP contribution < -0.4 is 10.6 Å². The smallest absolute Gasteiger partial charge is 0.270 e. The highest BCUT2D eigenvalue weighted by molar-refractivity contribution is 7.14. The molecule has 0 aliphatic carbocycles. The third-order valence-electron chi connectivity index (χ3n) is 3.41. The summed E-state index contributed by atoms with van der Waals surface area (Å²) in [4.78, 5) is 30.5. The van der Waals surface area contributed by atoms with Crippen LogP contribution in [0.3, 0.4) is 0 Å². The van der Waals surface area contributed by atoms with Gasteiger partial charge in [0.1, 0.15) is 5.69 Å². The molecule has 0 saturated heterocycles. The van der Waals surface area contributed by atoms with Crippen molar-refractivity contribution in [2.24, 2.45) is 0 Å². The predicted octanol–water partition coefficient (Wildman–Crippen LogP) is 2.39. The zero-order valence-electron chi connectivity index (χ0n) is 14.1. The van der Waals surface area contributed by atoms with Gasteiger partial charge in [-0.2, -0.15) is 0 Å². The summed E-state index contributed by atoms with van der Waals surface area (Å²) in [5, 5.41) is 7.63. The molecule has 24 heavy (non-hydrogen) atoms. The maximum atomic E-state index is 12.2. The lowest BCUT2D eigenvalue weighted by atomic mass is 10.1. The number of nitrogens with zero attached hydrogens (tertiary/aromatic N) is 2. The van der Waals surface area contributed by atoms with Crippen LogP contribution in [0.2, 0.25) is 0 Å². The molecule has 0 aliphatic rings. The number of amides is 2. The van der Waals surface area contributed by atoms with Gasteiger partial charge in [0.2, 0.25) is 0 Å². The highest BCUT2D eigenvalue weighted by atomic mass is 32.1. The van der Waals surface area contributed by atoms with Gasteiger partial charge in [-0.1, -0.05) is 18.2 Å². The summed E-state index contributed by atoms with van der Waals surface area (Å²) in [5.74, 6) is -0.443. The van der Waals surface area contributed by atoms with Gasteiger partial charge in [0.25, 0.3) is 11.8 Å². The van der Waals surface area contributed by atoms with E-state index < -0.39 is 0 Å². The lowest BCUT2D eigenvalue weighted by Crippen LogP contribution is -2.27. The highest BCUT2D eigenvalue weighted by Gasteiger charge is 2.14. The summed E-state index contributed by atoms with van der Waals surface area (Å²) in [5.41, 5.74) is 1.82. The Morgan fingerprint density at radius 1 is 1.21 bits per heavy atom. The first-order chi connectivity index (χ1) is 11.5. The maximum Gasteiger partial charge on any atom is 0.270 e. The summed E-state index contributed by atoms with van der Waals surface area (Å²) in [6.45, 7) is 3.39. The van der Waals surface area contributed by atoms with Gasteiger partial charge >= 0.3 is 0 Å². The van der Waals surface area contributed by atoms with E-state index in [1.54, 1.807) is 11.4 Å². The van der Waals surface area contributed by atoms with Crippen LogP contribution in [0.5, 0.6) is 0 Å². The number of thiazole rings is 1. The molecular weight excluding hydrogens is 324 g/mol. The number of nitrogens with one attached hydrogen (secondary N) is 2. The minimum absolute atomic E-state index is 0.221. The lowest BCUT2D eigenvalue weighted by Gasteiger charge is -2.09. The van der Waals surface area contributed by atoms with Gasteiger partial charge in [-0.05, 0) is 45.6 Å². The molecule has 0 fully saturated rings. The van der Waals surface area contributed by atoms with Crippen molar-refractivity contribution in [3.05, 3.63) is 46.5 Å². The van der Waals surface area contributed by atoms with Crippen molar-refractivity contribution in [3.8, 4) is 0 Å². The Hall–Kier alpha value is -2.25. The number of carbonyl (C=O) groups is 2. The van der Waals surface area contributed by atoms with E-state index in [0.717, 1.165) is 18.5 Å². The van der Waals surface area contributed by atoms with Gasteiger partial charge in [0.05, 0.1) is 0 Å². The van der Waals surface area contributed by atoms with Gasteiger partial charge in [-0.15, -0.1) is 11.3 Å². The van der Waals surface area contributed by atoms with Crippen molar-refractivity contribution in [2.75, 3.05) is 32.5 Å². The molecule has 0 aliphatic heterocycles. The van der Waals surface area contributed by atoms with Gasteiger partial charge in [0.15, 0.2) is 5.13 Å². The molecule has 7 heteroatoms. The number of hydrogen-bond donors (Lipinski definition) is 2. The number of aromatic nitrogens is 1. The number of aryl methyl sites for hydroxylation is 1. The van der Waals surface area contributed by atoms with Crippen LogP contribution in [0, 0.1) is 6.92 Å². The van der Waals surface area contributed by atoms with Crippen LogP contribution in [0.1, 0.15) is 32.8 Å². The average Bonchev–Trinajstić information content (AvgIpc) is 3.00. The standard InChI is InChI=1S/C17H22N4O2S/c1-12-7-4-5-8-13(12)15(22)20-17-19-14(11-24-17)16(23)18-9-6-10-21(2)3/h4-5,7-8,11H,6,9-10H2,1-3H3,(H,18,23)(H,19,20,22). The van der Waals surface area contributed by atoms with E-state index in [1.807, 2.05) is 39.2 Å². The zero-order chi connectivity index (χ0) is 17.5. The van der Waals surface area contributed by atoms with Crippen LogP contribution in [0.25, 0.3) is 0 Å². The van der Waals surface area contributed by atoms with Crippen LogP contribution in [0.4, 0.5) is 5.13 Å². The van der Waals surface area contributed by atoms with E-state index in [2.05, 4.69) is 20.5 Å². The molecule has 6 nitrogen and oxygen atoms in total. The van der Waals surface area contributed by atoms with E-state index in [1.165, 1.54) is 11.3 Å². The molecule has 0 radical (unpaired) electrons. The van der Waals surface area contributed by atoms with Crippen LogP contribution in [0.15, 0.2) is 29.6 Å². The maximum absolute atomic E-state index is 12.2. The summed E-state index contributed by atoms with van der Waals surface area (Å²) in [6, 6.07) is 7.34. The topological polar surface area (TPSA) is 74.3 Å². The molecule has 1 aromatic carbocycles. The van der Waals surface area contributed by atoms with E-state index in [4.69, 9.17) is 0 Å². The van der Waals surface area contributed by atoms with Crippen molar-refractivity contribution in [1.29, 1.82) is 0 Å². The fourth-order valence-corrected chi connectivity index (χ4v) is 2.80. The quantitative estimate of drug-likeness (QED) is 0.755. The average molecular weight is 346 g/mol. The first kappa shape index (κ1) is 18.1. The zero-order valence-corrected chi connectivity index (χ0v) is 14.9. The molecule has 0 spiro atoms. The number of carbonyl (C=O) groups excluding carboxylic acids is 2. The Morgan fingerprint density at radius 2 is 1.96 bits per heavy atom. The van der Waals surface area contributed by atoms with Gasteiger partial charge in [-0.3, -0.25) is 14.9 Å². The first-order valence-electron chi connectivity index (χ1n) is 7.73. The molecule has 0 unspecified atom stereocenters. The first-order valence-corrected chi connectivity index (χ1v) is 8.61. The molecule has 128 valence electrons. The van der Waals surface area contributed by atoms with E-state index in [-0.39, 0.29) is 11.8 Å². The normalized spacial score (nSPS) is 10.7. The molecule has 2 aromatic rings. The van der Waals surface area contributed by atoms with Crippen LogP contribution in [-0.4, -0.2) is 48.9 Å². The predicted molar refractivity (Wildman–Crippen MR) is 96.8 cm³/mol. The summed E-state index contributed by atoms with van der Waals surface area (Å²) in [6.07, 6.45) is 0.875.